The molecule has 0 spiro atoms. The van der Waals surface area contributed by atoms with Gasteiger partial charge in [-0.15, -0.1) is 0 Å². The number of nitrogens with one attached hydrogen (secondary N) is 1. The van der Waals surface area contributed by atoms with Crippen molar-refractivity contribution in [3.63, 3.8) is 0 Å². The zero-order valence-corrected chi connectivity index (χ0v) is 9.82. The van der Waals surface area contributed by atoms with Crippen molar-refractivity contribution < 1.29 is 0 Å². The van der Waals surface area contributed by atoms with E-state index < -0.39 is 0 Å². The Labute approximate surface area is 107 Å². The maximum Gasteiger partial charge on any atom is 0.280 e. The molecule has 2 heterocycles. The molecule has 7 heteroatoms. The number of hydrogen-bond donors (Lipinski definition) is 2. The van der Waals surface area contributed by atoms with Gasteiger partial charge in [-0.3, -0.25) is 9.78 Å². The Morgan fingerprint density at radius 1 is 1.11 bits per heavy atom. The number of aromatic amines is 1. The summed E-state index contributed by atoms with van der Waals surface area (Å²) >= 11 is 0. The highest BCUT2D eigenvalue weighted by molar-refractivity contribution is 5.70. The van der Waals surface area contributed by atoms with E-state index in [1.807, 2.05) is 18.2 Å². The Hall–Kier alpha value is -2.80. The summed E-state index contributed by atoms with van der Waals surface area (Å²) in [6.07, 6.45) is 2.91. The Morgan fingerprint density at radius 3 is 2.63 bits per heavy atom. The fourth-order valence-corrected chi connectivity index (χ4v) is 1.69. The number of fused-ring (bicyclic) bond motifs is 1. The van der Waals surface area contributed by atoms with Crippen molar-refractivity contribution >= 4 is 22.8 Å². The number of hydrogen-bond acceptors (Lipinski definition) is 6. The van der Waals surface area contributed by atoms with Crippen LogP contribution in [0.1, 0.15) is 0 Å². The molecule has 1 aromatic carbocycles. The van der Waals surface area contributed by atoms with Crippen molar-refractivity contribution in [1.29, 1.82) is 0 Å². The van der Waals surface area contributed by atoms with E-state index in [0.29, 0.717) is 5.69 Å². The zero-order valence-electron chi connectivity index (χ0n) is 9.82. The summed E-state index contributed by atoms with van der Waals surface area (Å²) in [7, 11) is 0. The predicted molar refractivity (Wildman–Crippen MR) is 70.7 cm³/mol. The molecule has 0 aliphatic carbocycles. The van der Waals surface area contributed by atoms with Gasteiger partial charge in [0.25, 0.3) is 5.56 Å². The first-order chi connectivity index (χ1) is 9.25. The quantitative estimate of drug-likeness (QED) is 0.516. The van der Waals surface area contributed by atoms with Crippen molar-refractivity contribution in [2.24, 2.45) is 5.84 Å². The number of nitrogens with two attached hydrogens (primary N) is 1. The van der Waals surface area contributed by atoms with Gasteiger partial charge in [0.2, 0.25) is 5.95 Å². The lowest BCUT2D eigenvalue weighted by Gasteiger charge is -2.16. The molecule has 0 aliphatic heterocycles. The molecule has 3 N–H and O–H groups in total. The van der Waals surface area contributed by atoms with Crippen molar-refractivity contribution in [1.82, 2.24) is 19.9 Å². The molecule has 0 radical (unpaired) electrons. The van der Waals surface area contributed by atoms with E-state index in [1.165, 1.54) is 17.4 Å². The first-order valence-corrected chi connectivity index (χ1v) is 5.56. The molecular formula is C12H10N6O. The van der Waals surface area contributed by atoms with Crippen molar-refractivity contribution in [3.05, 3.63) is 53.1 Å². The molecule has 2 aromatic heterocycles. The average molecular weight is 254 g/mol. The Balaban J connectivity index is 2.14. The molecular weight excluding hydrogens is 244 g/mol. The van der Waals surface area contributed by atoms with Crippen molar-refractivity contribution in [2.45, 2.75) is 0 Å². The number of rotatable bonds is 2. The number of para-hydroxylation sites is 1. The second kappa shape index (κ2) is 4.46. The molecule has 3 aromatic rings. The van der Waals surface area contributed by atoms with E-state index in [-0.39, 0.29) is 22.7 Å². The Kier molecular flexibility index (Phi) is 2.66. The summed E-state index contributed by atoms with van der Waals surface area (Å²) < 4.78 is 0. The van der Waals surface area contributed by atoms with Crippen LogP contribution in [0.5, 0.6) is 0 Å². The summed E-state index contributed by atoms with van der Waals surface area (Å²) in [5, 5.41) is 1.29. The van der Waals surface area contributed by atoms with Gasteiger partial charge in [0.05, 0.1) is 5.69 Å². The van der Waals surface area contributed by atoms with Gasteiger partial charge >= 0.3 is 0 Å². The van der Waals surface area contributed by atoms with E-state index in [9.17, 15) is 4.79 Å². The molecule has 0 atom stereocenters. The SMILES string of the molecule is NN(c1ccccc1)c1nc2nccnc2c(=O)[nH]1. The van der Waals surface area contributed by atoms with Crippen LogP contribution in [0.4, 0.5) is 11.6 Å². The third-order valence-corrected chi connectivity index (χ3v) is 2.59. The number of hydrazine groups is 1. The highest BCUT2D eigenvalue weighted by Crippen LogP contribution is 2.16. The molecule has 0 saturated carbocycles. The molecule has 7 nitrogen and oxygen atoms in total. The highest BCUT2D eigenvalue weighted by atomic mass is 16.1. The van der Waals surface area contributed by atoms with E-state index in [4.69, 9.17) is 5.84 Å². The molecule has 94 valence electrons. The fourth-order valence-electron chi connectivity index (χ4n) is 1.69. The second-order valence-electron chi connectivity index (χ2n) is 3.82. The average Bonchev–Trinajstić information content (AvgIpc) is 2.47. The summed E-state index contributed by atoms with van der Waals surface area (Å²) in [5.74, 6) is 6.14. The third kappa shape index (κ3) is 2.02. The van der Waals surface area contributed by atoms with E-state index in [0.717, 1.165) is 0 Å². The van der Waals surface area contributed by atoms with Gasteiger partial charge in [-0.1, -0.05) is 18.2 Å². The van der Waals surface area contributed by atoms with Gasteiger partial charge in [-0.25, -0.2) is 20.8 Å². The topological polar surface area (TPSA) is 101 Å². The summed E-state index contributed by atoms with van der Waals surface area (Å²) in [5.41, 5.74) is 0.772. The molecule has 0 saturated heterocycles. The minimum absolute atomic E-state index is 0.188. The van der Waals surface area contributed by atoms with Crippen LogP contribution in [0, 0.1) is 0 Å². The van der Waals surface area contributed by atoms with Gasteiger partial charge in [0.15, 0.2) is 11.2 Å². The minimum Gasteiger partial charge on any atom is -0.289 e. The van der Waals surface area contributed by atoms with Gasteiger partial charge in [0.1, 0.15) is 0 Å². The van der Waals surface area contributed by atoms with E-state index in [1.54, 1.807) is 12.1 Å². The van der Waals surface area contributed by atoms with Gasteiger partial charge in [0, 0.05) is 12.4 Å². The van der Waals surface area contributed by atoms with Crippen LogP contribution >= 0.6 is 0 Å². The minimum atomic E-state index is -0.375. The third-order valence-electron chi connectivity index (χ3n) is 2.59. The van der Waals surface area contributed by atoms with E-state index >= 15 is 0 Å². The fraction of sp³-hybridized carbons (Fsp3) is 0. The standard InChI is InChI=1S/C12H10N6O/c13-18(8-4-2-1-3-5-8)12-16-10-9(11(19)17-12)14-6-7-15-10/h1-7H,13H2,(H,15,16,17,19). The lowest BCUT2D eigenvalue weighted by atomic mass is 10.3. The predicted octanol–water partition coefficient (Wildman–Crippen LogP) is 0.725. The Bertz CT molecular complexity index is 770. The largest absolute Gasteiger partial charge is 0.289 e. The van der Waals surface area contributed by atoms with Crippen LogP contribution in [0.25, 0.3) is 11.2 Å². The van der Waals surface area contributed by atoms with Crippen LogP contribution in [-0.2, 0) is 0 Å². The summed E-state index contributed by atoms with van der Waals surface area (Å²) in [6.45, 7) is 0. The molecule has 3 rings (SSSR count). The van der Waals surface area contributed by atoms with Gasteiger partial charge in [-0.2, -0.15) is 4.98 Å². The summed E-state index contributed by atoms with van der Waals surface area (Å²) in [6, 6.07) is 9.17. The second-order valence-corrected chi connectivity index (χ2v) is 3.82. The number of nitrogens with zero attached hydrogens (tertiary/aromatic N) is 4. The van der Waals surface area contributed by atoms with Crippen molar-refractivity contribution in [3.8, 4) is 0 Å². The zero-order chi connectivity index (χ0) is 13.2. The molecule has 0 unspecified atom stereocenters. The van der Waals surface area contributed by atoms with Crippen LogP contribution < -0.4 is 16.4 Å². The molecule has 0 amide bonds. The monoisotopic (exact) mass is 254 g/mol. The number of H-pyrrole nitrogens is 1. The van der Waals surface area contributed by atoms with Crippen LogP contribution in [0.3, 0.4) is 0 Å². The van der Waals surface area contributed by atoms with Crippen LogP contribution in [-0.4, -0.2) is 19.9 Å². The first kappa shape index (κ1) is 11.3. The normalized spacial score (nSPS) is 10.6. The summed E-state index contributed by atoms with van der Waals surface area (Å²) in [4.78, 5) is 26.5. The molecule has 19 heavy (non-hydrogen) atoms. The highest BCUT2D eigenvalue weighted by Gasteiger charge is 2.10. The number of anilines is 2. The molecule has 0 bridgehead atoms. The van der Waals surface area contributed by atoms with Gasteiger partial charge < -0.3 is 0 Å². The van der Waals surface area contributed by atoms with Gasteiger partial charge in [-0.05, 0) is 12.1 Å². The maximum atomic E-state index is 11.9. The lowest BCUT2D eigenvalue weighted by Crippen LogP contribution is -2.29. The maximum absolute atomic E-state index is 11.9. The van der Waals surface area contributed by atoms with Crippen LogP contribution in [0.15, 0.2) is 47.5 Å². The van der Waals surface area contributed by atoms with E-state index in [2.05, 4.69) is 19.9 Å². The molecule has 0 fully saturated rings. The first-order valence-electron chi connectivity index (χ1n) is 5.56. The molecule has 0 aliphatic rings. The smallest absolute Gasteiger partial charge is 0.280 e. The van der Waals surface area contributed by atoms with Crippen molar-refractivity contribution in [2.75, 3.05) is 5.01 Å². The number of benzene rings is 1. The Morgan fingerprint density at radius 2 is 1.84 bits per heavy atom. The lowest BCUT2D eigenvalue weighted by molar-refractivity contribution is 0.970. The number of aromatic nitrogens is 4. The van der Waals surface area contributed by atoms with Crippen LogP contribution in [0.2, 0.25) is 0 Å².